The molecule has 2 aliphatic heterocycles. The Morgan fingerprint density at radius 1 is 1.42 bits per heavy atom. The number of rotatable bonds is 2. The Morgan fingerprint density at radius 3 is 2.89 bits per heavy atom. The van der Waals surface area contributed by atoms with Gasteiger partial charge in [-0.25, -0.2) is 0 Å². The first-order valence-electron chi connectivity index (χ1n) is 5.75. The predicted octanol–water partition coefficient (Wildman–Crippen LogP) is 2.76. The second-order valence-electron chi connectivity index (χ2n) is 4.50. The number of carbonyl (C=O) groups excluding carboxylic acids is 1. The van der Waals surface area contributed by atoms with Crippen LogP contribution in [0.4, 0.5) is 14.5 Å². The van der Waals surface area contributed by atoms with Crippen LogP contribution in [0.15, 0.2) is 18.2 Å². The first-order valence-corrected chi connectivity index (χ1v) is 6.87. The average Bonchev–Trinajstić information content (AvgIpc) is 2.86. The highest BCUT2D eigenvalue weighted by Gasteiger charge is 2.46. The Balaban J connectivity index is 1.96. The van der Waals surface area contributed by atoms with Crippen molar-refractivity contribution < 1.29 is 23.0 Å². The Kier molecular flexibility index (Phi) is 2.88. The number of hydrogen-bond acceptors (Lipinski definition) is 3. The number of fused-ring (bicyclic) bond motifs is 1. The molecule has 19 heavy (non-hydrogen) atoms. The maximum atomic E-state index is 13.1. The summed E-state index contributed by atoms with van der Waals surface area (Å²) in [5.74, 6) is -0.0449. The van der Waals surface area contributed by atoms with Gasteiger partial charge in [-0.2, -0.15) is 0 Å². The van der Waals surface area contributed by atoms with Crippen LogP contribution in [0.1, 0.15) is 6.42 Å². The average molecular weight is 334 g/mol. The van der Waals surface area contributed by atoms with Gasteiger partial charge < -0.3 is 14.4 Å². The van der Waals surface area contributed by atoms with Crippen molar-refractivity contribution in [1.29, 1.82) is 0 Å². The number of benzene rings is 1. The molecule has 0 radical (unpaired) electrons. The monoisotopic (exact) mass is 333 g/mol. The Morgan fingerprint density at radius 2 is 2.21 bits per heavy atom. The molecule has 2 aliphatic rings. The van der Waals surface area contributed by atoms with Crippen molar-refractivity contribution in [2.45, 2.75) is 12.7 Å². The number of nitrogens with zero attached hydrogens (tertiary/aromatic N) is 1. The van der Waals surface area contributed by atoms with E-state index in [9.17, 15) is 13.6 Å². The van der Waals surface area contributed by atoms with Gasteiger partial charge in [-0.05, 0) is 18.1 Å². The first kappa shape index (κ1) is 12.7. The van der Waals surface area contributed by atoms with Crippen LogP contribution in [0, 0.1) is 5.92 Å². The Labute approximate surface area is 116 Å². The Hall–Kier alpha value is -1.37. The molecule has 1 aromatic rings. The second-order valence-corrected chi connectivity index (χ2v) is 5.15. The molecular weight excluding hydrogens is 324 g/mol. The van der Waals surface area contributed by atoms with Crippen LogP contribution in [-0.4, -0.2) is 24.1 Å². The molecule has 0 saturated carbocycles. The zero-order valence-electron chi connectivity index (χ0n) is 9.74. The van der Waals surface area contributed by atoms with E-state index in [0.717, 1.165) is 0 Å². The van der Waals surface area contributed by atoms with Crippen molar-refractivity contribution in [2.24, 2.45) is 5.92 Å². The van der Waals surface area contributed by atoms with E-state index in [0.29, 0.717) is 24.0 Å². The van der Waals surface area contributed by atoms with E-state index in [1.54, 1.807) is 12.1 Å². The van der Waals surface area contributed by atoms with Gasteiger partial charge in [0.1, 0.15) is 0 Å². The molecule has 2 heterocycles. The molecule has 0 aliphatic carbocycles. The normalized spacial score (nSPS) is 24.1. The lowest BCUT2D eigenvalue weighted by Crippen LogP contribution is -2.28. The zero-order valence-corrected chi connectivity index (χ0v) is 11.3. The van der Waals surface area contributed by atoms with Crippen molar-refractivity contribution in [1.82, 2.24) is 0 Å². The van der Waals surface area contributed by atoms with Crippen LogP contribution in [0.25, 0.3) is 0 Å². The van der Waals surface area contributed by atoms with E-state index in [4.69, 9.17) is 0 Å². The predicted molar refractivity (Wildman–Crippen MR) is 66.9 cm³/mol. The summed E-state index contributed by atoms with van der Waals surface area (Å²) in [6, 6.07) is 4.54. The number of alkyl halides is 3. The first-order chi connectivity index (χ1) is 9.00. The SMILES string of the molecule is O=C1CC(CBr)CN1c1cccc2c1OC(F)(F)O2. The smallest absolute Gasteiger partial charge is 0.395 e. The van der Waals surface area contributed by atoms with Gasteiger partial charge in [-0.1, -0.05) is 22.0 Å². The van der Waals surface area contributed by atoms with E-state index in [1.165, 1.54) is 11.0 Å². The second kappa shape index (κ2) is 4.33. The summed E-state index contributed by atoms with van der Waals surface area (Å²) in [7, 11) is 0. The van der Waals surface area contributed by atoms with Crippen LogP contribution in [0.2, 0.25) is 0 Å². The molecule has 1 aromatic carbocycles. The van der Waals surface area contributed by atoms with Gasteiger partial charge in [0.05, 0.1) is 5.69 Å². The van der Waals surface area contributed by atoms with Crippen molar-refractivity contribution in [3.05, 3.63) is 18.2 Å². The molecule has 7 heteroatoms. The van der Waals surface area contributed by atoms with Gasteiger partial charge in [-0.3, -0.25) is 4.79 Å². The van der Waals surface area contributed by atoms with Gasteiger partial charge in [0.2, 0.25) is 5.91 Å². The van der Waals surface area contributed by atoms with Crippen LogP contribution in [0.3, 0.4) is 0 Å². The number of anilines is 1. The molecule has 1 amide bonds. The standard InChI is InChI=1S/C12H10BrF2NO3/c13-5-7-4-10(17)16(6-7)8-2-1-3-9-11(8)19-12(14,15)18-9/h1-3,7H,4-6H2. The molecule has 0 aromatic heterocycles. The van der Waals surface area contributed by atoms with Gasteiger partial charge >= 0.3 is 6.29 Å². The minimum Gasteiger partial charge on any atom is -0.395 e. The van der Waals surface area contributed by atoms with Crippen molar-refractivity contribution in [3.63, 3.8) is 0 Å². The molecule has 0 N–H and O–H groups in total. The molecule has 4 nitrogen and oxygen atoms in total. The quantitative estimate of drug-likeness (QED) is 0.781. The molecule has 1 fully saturated rings. The molecule has 1 saturated heterocycles. The fourth-order valence-electron chi connectivity index (χ4n) is 2.29. The third kappa shape index (κ3) is 2.16. The summed E-state index contributed by atoms with van der Waals surface area (Å²) >= 11 is 3.33. The van der Waals surface area contributed by atoms with E-state index < -0.39 is 6.29 Å². The number of carbonyl (C=O) groups is 1. The maximum absolute atomic E-state index is 13.1. The lowest BCUT2D eigenvalue weighted by molar-refractivity contribution is -0.286. The largest absolute Gasteiger partial charge is 0.586 e. The summed E-state index contributed by atoms with van der Waals surface area (Å²) < 4.78 is 35.1. The highest BCUT2D eigenvalue weighted by atomic mass is 79.9. The van der Waals surface area contributed by atoms with Crippen molar-refractivity contribution in [2.75, 3.05) is 16.8 Å². The number of hydrogen-bond donors (Lipinski definition) is 0. The third-order valence-corrected chi connectivity index (χ3v) is 4.04. The number of halogens is 3. The number of para-hydroxylation sites is 1. The minimum absolute atomic E-state index is 0.0439. The fourth-order valence-corrected chi connectivity index (χ4v) is 2.72. The van der Waals surface area contributed by atoms with Crippen LogP contribution in [0.5, 0.6) is 11.5 Å². The van der Waals surface area contributed by atoms with Gasteiger partial charge in [0, 0.05) is 18.3 Å². The van der Waals surface area contributed by atoms with Gasteiger partial charge in [0.25, 0.3) is 0 Å². The highest BCUT2D eigenvalue weighted by Crippen LogP contribution is 2.48. The van der Waals surface area contributed by atoms with Gasteiger partial charge in [-0.15, -0.1) is 8.78 Å². The Bertz CT molecular complexity index is 538. The molecule has 1 unspecified atom stereocenters. The van der Waals surface area contributed by atoms with Crippen molar-refractivity contribution >= 4 is 27.5 Å². The van der Waals surface area contributed by atoms with E-state index in [-0.39, 0.29) is 23.3 Å². The van der Waals surface area contributed by atoms with E-state index in [2.05, 4.69) is 25.4 Å². The molecule has 1 atom stereocenters. The van der Waals surface area contributed by atoms with Crippen LogP contribution < -0.4 is 14.4 Å². The van der Waals surface area contributed by atoms with Gasteiger partial charge in [0.15, 0.2) is 11.5 Å². The summed E-state index contributed by atoms with van der Waals surface area (Å²) in [5.41, 5.74) is 0.336. The molecule has 102 valence electrons. The lowest BCUT2D eigenvalue weighted by atomic mass is 10.2. The molecular formula is C12H10BrF2NO3. The number of amides is 1. The topological polar surface area (TPSA) is 38.8 Å². The van der Waals surface area contributed by atoms with Crippen LogP contribution >= 0.6 is 15.9 Å². The van der Waals surface area contributed by atoms with E-state index in [1.807, 2.05) is 0 Å². The van der Waals surface area contributed by atoms with Crippen molar-refractivity contribution in [3.8, 4) is 11.5 Å². The van der Waals surface area contributed by atoms with E-state index >= 15 is 0 Å². The fraction of sp³-hybridized carbons (Fsp3) is 0.417. The summed E-state index contributed by atoms with van der Waals surface area (Å²) in [6.45, 7) is 0.482. The minimum atomic E-state index is -3.67. The third-order valence-electron chi connectivity index (χ3n) is 3.12. The lowest BCUT2D eigenvalue weighted by Gasteiger charge is -2.18. The molecule has 0 bridgehead atoms. The molecule has 0 spiro atoms. The zero-order chi connectivity index (χ0) is 13.6. The summed E-state index contributed by atoms with van der Waals surface area (Å²) in [6.07, 6.45) is -3.28. The number of ether oxygens (including phenoxy) is 2. The highest BCUT2D eigenvalue weighted by molar-refractivity contribution is 9.09. The maximum Gasteiger partial charge on any atom is 0.586 e. The van der Waals surface area contributed by atoms with Crippen LogP contribution in [-0.2, 0) is 4.79 Å². The summed E-state index contributed by atoms with van der Waals surface area (Å²) in [5, 5.41) is 0.692. The molecule has 3 rings (SSSR count). The summed E-state index contributed by atoms with van der Waals surface area (Å²) in [4.78, 5) is 13.4.